The van der Waals surface area contributed by atoms with Gasteiger partial charge < -0.3 is 15.0 Å². The number of ether oxygens (including phenoxy) is 1. The van der Waals surface area contributed by atoms with Crippen molar-refractivity contribution < 1.29 is 22.7 Å². The summed E-state index contributed by atoms with van der Waals surface area (Å²) >= 11 is 12.4. The van der Waals surface area contributed by atoms with E-state index in [0.717, 1.165) is 9.87 Å². The smallest absolute Gasteiger partial charge is 0.264 e. The molecule has 0 radical (unpaired) electrons. The molecule has 8 nitrogen and oxygen atoms in total. The van der Waals surface area contributed by atoms with E-state index in [2.05, 4.69) is 5.32 Å². The Morgan fingerprint density at radius 3 is 2.14 bits per heavy atom. The van der Waals surface area contributed by atoms with Gasteiger partial charge in [0.25, 0.3) is 10.0 Å². The van der Waals surface area contributed by atoms with E-state index in [1.54, 1.807) is 54.6 Å². The first-order chi connectivity index (χ1) is 20.6. The second kappa shape index (κ2) is 14.4. The van der Waals surface area contributed by atoms with Crippen LogP contribution in [0.3, 0.4) is 0 Å². The van der Waals surface area contributed by atoms with Crippen LogP contribution >= 0.6 is 23.2 Å². The third-order valence-corrected chi connectivity index (χ3v) is 9.33. The Morgan fingerprint density at radius 2 is 1.51 bits per heavy atom. The first-order valence-electron chi connectivity index (χ1n) is 13.3. The Kier molecular flexibility index (Phi) is 10.7. The van der Waals surface area contributed by atoms with Crippen LogP contribution in [0.4, 0.5) is 5.69 Å². The molecule has 4 aromatic rings. The molecule has 0 saturated heterocycles. The lowest BCUT2D eigenvalue weighted by Gasteiger charge is -2.33. The highest BCUT2D eigenvalue weighted by molar-refractivity contribution is 7.92. The van der Waals surface area contributed by atoms with Crippen LogP contribution in [0.5, 0.6) is 5.75 Å². The molecule has 11 heteroatoms. The van der Waals surface area contributed by atoms with Crippen molar-refractivity contribution in [2.24, 2.45) is 0 Å². The number of likely N-dealkylation sites (N-methyl/N-ethyl adjacent to an activating group) is 1. The summed E-state index contributed by atoms with van der Waals surface area (Å²) in [5.41, 5.74) is 1.67. The zero-order valence-corrected chi connectivity index (χ0v) is 25.9. The molecular weight excluding hydrogens is 609 g/mol. The standard InChI is InChI=1S/C32H31Cl2N3O5S/c1-35-32(39)30(19-23-10-5-3-6-11-23)36(21-24-16-17-28(33)29(34)18-24)31(38)22-37(25-12-9-13-26(20-25)42-2)43(40,41)27-14-7-4-8-15-27/h3-18,20,30H,19,21-22H2,1-2H3,(H,35,39). The summed E-state index contributed by atoms with van der Waals surface area (Å²) in [5.74, 6) is -0.591. The van der Waals surface area contributed by atoms with Gasteiger partial charge in [-0.25, -0.2) is 8.42 Å². The molecule has 0 fully saturated rings. The molecule has 43 heavy (non-hydrogen) atoms. The summed E-state index contributed by atoms with van der Waals surface area (Å²) < 4.78 is 34.3. The van der Waals surface area contributed by atoms with Gasteiger partial charge in [-0.1, -0.05) is 83.9 Å². The van der Waals surface area contributed by atoms with E-state index in [1.807, 2.05) is 30.3 Å². The van der Waals surface area contributed by atoms with E-state index < -0.39 is 34.4 Å². The summed E-state index contributed by atoms with van der Waals surface area (Å²) in [5, 5.41) is 3.28. The van der Waals surface area contributed by atoms with E-state index >= 15 is 0 Å². The number of nitrogens with zero attached hydrogens (tertiary/aromatic N) is 2. The van der Waals surface area contributed by atoms with Crippen molar-refractivity contribution in [2.45, 2.75) is 23.9 Å². The summed E-state index contributed by atoms with van der Waals surface area (Å²) in [6.45, 7) is -0.619. The van der Waals surface area contributed by atoms with Gasteiger partial charge >= 0.3 is 0 Å². The molecule has 1 atom stereocenters. The number of carbonyl (C=O) groups is 2. The first kappa shape index (κ1) is 31.9. The maximum atomic E-state index is 14.3. The molecular formula is C32H31Cl2N3O5S. The average Bonchev–Trinajstić information content (AvgIpc) is 3.03. The fourth-order valence-electron chi connectivity index (χ4n) is 4.57. The fourth-order valence-corrected chi connectivity index (χ4v) is 6.32. The van der Waals surface area contributed by atoms with Crippen LogP contribution in [0.15, 0.2) is 108 Å². The molecule has 0 saturated carbocycles. The summed E-state index contributed by atoms with van der Waals surface area (Å²) in [4.78, 5) is 29.0. The summed E-state index contributed by atoms with van der Waals surface area (Å²) in [6.07, 6.45) is 0.193. The van der Waals surface area contributed by atoms with Crippen molar-refractivity contribution in [3.63, 3.8) is 0 Å². The van der Waals surface area contributed by atoms with Gasteiger partial charge in [-0.05, 0) is 47.5 Å². The predicted octanol–water partition coefficient (Wildman–Crippen LogP) is 5.58. The van der Waals surface area contributed by atoms with Crippen molar-refractivity contribution in [3.05, 3.63) is 124 Å². The zero-order chi connectivity index (χ0) is 31.0. The highest BCUT2D eigenvalue weighted by Gasteiger charge is 2.34. The van der Waals surface area contributed by atoms with Gasteiger partial charge in [0.05, 0.1) is 27.7 Å². The van der Waals surface area contributed by atoms with Crippen LogP contribution in [0.25, 0.3) is 0 Å². The normalized spacial score (nSPS) is 11.8. The average molecular weight is 641 g/mol. The molecule has 0 heterocycles. The number of hydrogen-bond acceptors (Lipinski definition) is 5. The van der Waals surface area contributed by atoms with E-state index in [-0.39, 0.29) is 28.6 Å². The summed E-state index contributed by atoms with van der Waals surface area (Å²) in [6, 6.07) is 27.5. The van der Waals surface area contributed by atoms with Gasteiger partial charge in [-0.3, -0.25) is 13.9 Å². The molecule has 0 spiro atoms. The minimum atomic E-state index is -4.21. The number of nitrogens with one attached hydrogen (secondary N) is 1. The van der Waals surface area contributed by atoms with Crippen molar-refractivity contribution >= 4 is 50.7 Å². The topological polar surface area (TPSA) is 96.0 Å². The van der Waals surface area contributed by atoms with Crippen LogP contribution in [-0.4, -0.2) is 51.9 Å². The third kappa shape index (κ3) is 7.87. The van der Waals surface area contributed by atoms with Gasteiger partial charge in [0, 0.05) is 26.1 Å². The van der Waals surface area contributed by atoms with Gasteiger partial charge in [0.1, 0.15) is 18.3 Å². The molecule has 224 valence electrons. The van der Waals surface area contributed by atoms with E-state index in [1.165, 1.54) is 37.3 Å². The SMILES string of the molecule is CNC(=O)C(Cc1ccccc1)N(Cc1ccc(Cl)c(Cl)c1)C(=O)CN(c1cccc(OC)c1)S(=O)(=O)c1ccccc1. The Labute approximate surface area is 261 Å². The number of sulfonamides is 1. The molecule has 4 aromatic carbocycles. The Bertz CT molecular complexity index is 1670. The van der Waals surface area contributed by atoms with Crippen LogP contribution in [0.1, 0.15) is 11.1 Å². The maximum absolute atomic E-state index is 14.3. The zero-order valence-electron chi connectivity index (χ0n) is 23.6. The number of anilines is 1. The first-order valence-corrected chi connectivity index (χ1v) is 15.5. The Balaban J connectivity index is 1.80. The highest BCUT2D eigenvalue weighted by Crippen LogP contribution is 2.28. The third-order valence-electron chi connectivity index (χ3n) is 6.81. The molecule has 1 unspecified atom stereocenters. The Hall–Kier alpha value is -4.05. The largest absolute Gasteiger partial charge is 0.497 e. The van der Waals surface area contributed by atoms with E-state index in [0.29, 0.717) is 16.3 Å². The molecule has 1 N–H and O–H groups in total. The quantitative estimate of drug-likeness (QED) is 0.218. The molecule has 0 aliphatic heterocycles. The fraction of sp³-hybridized carbons (Fsp3) is 0.188. The van der Waals surface area contributed by atoms with Crippen LogP contribution in [-0.2, 0) is 32.6 Å². The number of hydrogen-bond donors (Lipinski definition) is 1. The number of carbonyl (C=O) groups excluding carboxylic acids is 2. The van der Waals surface area contributed by atoms with Gasteiger partial charge in [0.2, 0.25) is 11.8 Å². The lowest BCUT2D eigenvalue weighted by Crippen LogP contribution is -2.53. The predicted molar refractivity (Wildman–Crippen MR) is 169 cm³/mol. The van der Waals surface area contributed by atoms with Gasteiger partial charge in [-0.15, -0.1) is 0 Å². The minimum absolute atomic E-state index is 0.00814. The summed E-state index contributed by atoms with van der Waals surface area (Å²) in [7, 11) is -1.25. The molecule has 0 aliphatic carbocycles. The van der Waals surface area contributed by atoms with Gasteiger partial charge in [0.15, 0.2) is 0 Å². The highest BCUT2D eigenvalue weighted by atomic mass is 35.5. The van der Waals surface area contributed by atoms with Crippen LogP contribution in [0, 0.1) is 0 Å². The van der Waals surface area contributed by atoms with E-state index in [9.17, 15) is 18.0 Å². The maximum Gasteiger partial charge on any atom is 0.264 e. The number of rotatable bonds is 12. The van der Waals surface area contributed by atoms with Crippen LogP contribution < -0.4 is 14.4 Å². The van der Waals surface area contributed by atoms with Crippen molar-refractivity contribution in [1.82, 2.24) is 10.2 Å². The molecule has 0 aromatic heterocycles. The number of methoxy groups -OCH3 is 1. The lowest BCUT2D eigenvalue weighted by molar-refractivity contribution is -0.139. The molecule has 2 amide bonds. The van der Waals surface area contributed by atoms with Crippen molar-refractivity contribution in [2.75, 3.05) is 25.0 Å². The number of amides is 2. The van der Waals surface area contributed by atoms with Gasteiger partial charge in [-0.2, -0.15) is 0 Å². The van der Waals surface area contributed by atoms with Crippen LogP contribution in [0.2, 0.25) is 10.0 Å². The molecule has 4 rings (SSSR count). The molecule has 0 aliphatic rings. The lowest BCUT2D eigenvalue weighted by atomic mass is 10.0. The second-order valence-corrected chi connectivity index (χ2v) is 12.3. The Morgan fingerprint density at radius 1 is 0.837 bits per heavy atom. The number of benzene rings is 4. The minimum Gasteiger partial charge on any atom is -0.497 e. The van der Waals surface area contributed by atoms with E-state index in [4.69, 9.17) is 27.9 Å². The molecule has 0 bridgehead atoms. The van der Waals surface area contributed by atoms with Crippen molar-refractivity contribution in [1.29, 1.82) is 0 Å². The van der Waals surface area contributed by atoms with Crippen molar-refractivity contribution in [3.8, 4) is 5.75 Å². The monoisotopic (exact) mass is 639 g/mol. The number of halogens is 2. The second-order valence-electron chi connectivity index (χ2n) is 9.62.